The van der Waals surface area contributed by atoms with Gasteiger partial charge in [0.2, 0.25) is 5.69 Å². The first-order chi connectivity index (χ1) is 13.0. The zero-order valence-corrected chi connectivity index (χ0v) is 15.7. The molecule has 1 saturated carbocycles. The van der Waals surface area contributed by atoms with Gasteiger partial charge in [0.05, 0.1) is 24.5 Å². The number of ether oxygens (including phenoxy) is 1. The van der Waals surface area contributed by atoms with Crippen LogP contribution in [-0.2, 0) is 4.79 Å². The molecule has 7 heteroatoms. The normalized spacial score (nSPS) is 12.9. The Kier molecular flexibility index (Phi) is 5.63. The number of Topliss-reactive ketones (excluding diaryl/α,β-unsaturated/α-hetero) is 1. The summed E-state index contributed by atoms with van der Waals surface area (Å²) in [7, 11) is 0. The lowest BCUT2D eigenvalue weighted by atomic mass is 10.00. The molecular weight excluding hydrogens is 360 g/mol. The third kappa shape index (κ3) is 4.39. The maximum Gasteiger partial charge on any atom is 0.236 e. The molecule has 0 saturated heterocycles. The Bertz CT molecular complexity index is 954. The minimum absolute atomic E-state index is 0.0303. The molecule has 0 radical (unpaired) electrons. The average molecular weight is 378 g/mol. The summed E-state index contributed by atoms with van der Waals surface area (Å²) in [5, 5.41) is 10.0. The van der Waals surface area contributed by atoms with Crippen molar-refractivity contribution in [1.82, 2.24) is 4.98 Å². The average Bonchev–Trinajstić information content (AvgIpc) is 3.49. The largest absolute Gasteiger partial charge is 0.493 e. The number of nitriles is 1. The lowest BCUT2D eigenvalue weighted by Gasteiger charge is -2.13. The van der Waals surface area contributed by atoms with Crippen molar-refractivity contribution in [3.63, 3.8) is 0 Å². The highest BCUT2D eigenvalue weighted by Crippen LogP contribution is 2.41. The number of benzene rings is 1. The van der Waals surface area contributed by atoms with Crippen molar-refractivity contribution in [3.05, 3.63) is 41.2 Å². The number of anilines is 1. The van der Waals surface area contributed by atoms with Crippen LogP contribution in [0.25, 0.3) is 16.0 Å². The van der Waals surface area contributed by atoms with Gasteiger partial charge >= 0.3 is 0 Å². The summed E-state index contributed by atoms with van der Waals surface area (Å²) in [5.41, 5.74) is 7.50. The van der Waals surface area contributed by atoms with E-state index in [4.69, 9.17) is 17.0 Å². The van der Waals surface area contributed by atoms with Crippen molar-refractivity contribution in [3.8, 4) is 22.9 Å². The first kappa shape index (κ1) is 18.8. The van der Waals surface area contributed by atoms with Crippen molar-refractivity contribution in [2.75, 3.05) is 18.1 Å². The summed E-state index contributed by atoms with van der Waals surface area (Å²) in [5.74, 6) is 1.62. The number of carbonyl (C=O) groups is 1. The van der Waals surface area contributed by atoms with Gasteiger partial charge in [-0.3, -0.25) is 4.79 Å². The Morgan fingerprint density at radius 3 is 2.70 bits per heavy atom. The van der Waals surface area contributed by atoms with Gasteiger partial charge < -0.3 is 10.5 Å². The van der Waals surface area contributed by atoms with Crippen molar-refractivity contribution in [2.45, 2.75) is 24.8 Å². The Balaban J connectivity index is 2.00. The number of carbonyl (C=O) groups excluding carboxylic acids is 1. The molecule has 0 bridgehead atoms. The number of rotatable bonds is 7. The molecule has 2 N–H and O–H groups in total. The zero-order chi connectivity index (χ0) is 19.4. The van der Waals surface area contributed by atoms with Gasteiger partial charge in [-0.2, -0.15) is 5.26 Å². The summed E-state index contributed by atoms with van der Waals surface area (Å²) in [6.07, 6.45) is 2.43. The van der Waals surface area contributed by atoms with Gasteiger partial charge in [-0.25, -0.2) is 9.83 Å². The number of nitrogens with two attached hydrogens (primary N) is 1. The molecule has 27 heavy (non-hydrogen) atoms. The number of thioether (sulfide) groups is 1. The fraction of sp³-hybridized carbons (Fsp3) is 0.300. The standard InChI is InChI=1S/C20H18N4O2S/c1-12(25)11-27-20-16(9-21)17(18(23-2)19(22)24-20)14-5-7-15(8-6-14)26-10-13-3-4-13/h5-8,13H,3-4,10-11H2,1H3,(H2,22,24). The molecule has 1 aromatic carbocycles. The van der Waals surface area contributed by atoms with Gasteiger partial charge in [-0.1, -0.05) is 23.9 Å². The van der Waals surface area contributed by atoms with Crippen molar-refractivity contribution in [2.24, 2.45) is 5.92 Å². The highest BCUT2D eigenvalue weighted by molar-refractivity contribution is 8.00. The quantitative estimate of drug-likeness (QED) is 0.573. The van der Waals surface area contributed by atoms with Crippen LogP contribution in [0.4, 0.5) is 11.5 Å². The summed E-state index contributed by atoms with van der Waals surface area (Å²) < 4.78 is 5.74. The molecule has 1 heterocycles. The van der Waals surface area contributed by atoms with E-state index in [2.05, 4.69) is 15.9 Å². The fourth-order valence-corrected chi connectivity index (χ4v) is 3.36. The smallest absolute Gasteiger partial charge is 0.236 e. The van der Waals surface area contributed by atoms with Crippen LogP contribution in [0.3, 0.4) is 0 Å². The Labute approximate surface area is 162 Å². The molecule has 6 nitrogen and oxygen atoms in total. The van der Waals surface area contributed by atoms with E-state index in [0.717, 1.165) is 17.5 Å². The highest BCUT2D eigenvalue weighted by Gasteiger charge is 2.23. The number of hydrogen-bond acceptors (Lipinski definition) is 6. The van der Waals surface area contributed by atoms with E-state index in [1.54, 1.807) is 0 Å². The zero-order valence-electron chi connectivity index (χ0n) is 14.9. The van der Waals surface area contributed by atoms with Crippen molar-refractivity contribution in [1.29, 1.82) is 5.26 Å². The first-order valence-corrected chi connectivity index (χ1v) is 9.48. The van der Waals surface area contributed by atoms with E-state index in [9.17, 15) is 10.1 Å². The second-order valence-corrected chi connectivity index (χ2v) is 7.36. The second-order valence-electron chi connectivity index (χ2n) is 6.39. The molecule has 0 spiro atoms. The van der Waals surface area contributed by atoms with E-state index in [1.807, 2.05) is 24.3 Å². The molecule has 3 rings (SSSR count). The molecule has 0 atom stereocenters. The SMILES string of the molecule is [C-]#[N+]c1c(N)nc(SCC(C)=O)c(C#N)c1-c1ccc(OCC2CC2)cc1. The molecule has 1 aliphatic rings. The summed E-state index contributed by atoms with van der Waals surface area (Å²) in [6.45, 7) is 9.64. The van der Waals surface area contributed by atoms with E-state index in [-0.39, 0.29) is 28.6 Å². The van der Waals surface area contributed by atoms with Gasteiger partial charge in [0.1, 0.15) is 28.4 Å². The van der Waals surface area contributed by atoms with Gasteiger partial charge in [-0.05, 0) is 43.4 Å². The molecule has 2 aromatic rings. The van der Waals surface area contributed by atoms with Crippen LogP contribution in [0.2, 0.25) is 0 Å². The minimum atomic E-state index is -0.0303. The molecule has 0 aliphatic heterocycles. The molecule has 0 amide bonds. The van der Waals surface area contributed by atoms with Crippen LogP contribution in [0.15, 0.2) is 29.3 Å². The van der Waals surface area contributed by atoms with Gasteiger partial charge in [0, 0.05) is 5.56 Å². The van der Waals surface area contributed by atoms with Crippen molar-refractivity contribution < 1.29 is 9.53 Å². The molecular formula is C20H18N4O2S. The summed E-state index contributed by atoms with van der Waals surface area (Å²) >= 11 is 1.15. The molecule has 1 aromatic heterocycles. The topological polar surface area (TPSA) is 93.4 Å². The lowest BCUT2D eigenvalue weighted by molar-refractivity contribution is -0.114. The third-order valence-electron chi connectivity index (χ3n) is 4.13. The number of ketones is 1. The number of nitrogen functional groups attached to an aromatic ring is 1. The molecule has 1 aliphatic carbocycles. The number of pyridine rings is 1. The lowest BCUT2D eigenvalue weighted by Crippen LogP contribution is -2.02. The Morgan fingerprint density at radius 1 is 1.44 bits per heavy atom. The maximum atomic E-state index is 11.3. The Morgan fingerprint density at radius 2 is 2.15 bits per heavy atom. The number of aromatic nitrogens is 1. The summed E-state index contributed by atoms with van der Waals surface area (Å²) in [6, 6.07) is 9.40. The van der Waals surface area contributed by atoms with Crippen molar-refractivity contribution >= 4 is 29.1 Å². The van der Waals surface area contributed by atoms with Crippen LogP contribution in [0.1, 0.15) is 25.3 Å². The monoisotopic (exact) mass is 378 g/mol. The van der Waals surface area contributed by atoms with E-state index in [1.165, 1.54) is 19.8 Å². The predicted molar refractivity (Wildman–Crippen MR) is 105 cm³/mol. The molecule has 1 fully saturated rings. The third-order valence-corrected chi connectivity index (χ3v) is 5.25. The number of nitrogens with zero attached hydrogens (tertiary/aromatic N) is 3. The second kappa shape index (κ2) is 8.11. The van der Waals surface area contributed by atoms with Crippen LogP contribution in [-0.4, -0.2) is 23.1 Å². The van der Waals surface area contributed by atoms with E-state index < -0.39 is 0 Å². The van der Waals surface area contributed by atoms with Gasteiger partial charge in [0.25, 0.3) is 0 Å². The maximum absolute atomic E-state index is 11.3. The summed E-state index contributed by atoms with van der Waals surface area (Å²) in [4.78, 5) is 19.0. The molecule has 136 valence electrons. The predicted octanol–water partition coefficient (Wildman–Crippen LogP) is 4.22. The van der Waals surface area contributed by atoms with Gasteiger partial charge in [-0.15, -0.1) is 0 Å². The number of hydrogen-bond donors (Lipinski definition) is 1. The molecule has 0 unspecified atom stereocenters. The van der Waals surface area contributed by atoms with E-state index >= 15 is 0 Å². The Hall–Kier alpha value is -3.03. The van der Waals surface area contributed by atoms with Crippen LogP contribution >= 0.6 is 11.8 Å². The minimum Gasteiger partial charge on any atom is -0.493 e. The first-order valence-electron chi connectivity index (χ1n) is 8.50. The fourth-order valence-electron chi connectivity index (χ4n) is 2.56. The van der Waals surface area contributed by atoms with Crippen LogP contribution in [0, 0.1) is 23.8 Å². The highest BCUT2D eigenvalue weighted by atomic mass is 32.2. The van der Waals surface area contributed by atoms with Gasteiger partial charge in [0.15, 0.2) is 0 Å². The van der Waals surface area contributed by atoms with E-state index in [0.29, 0.717) is 28.7 Å². The van der Waals surface area contributed by atoms with Crippen LogP contribution < -0.4 is 10.5 Å². The van der Waals surface area contributed by atoms with Crippen LogP contribution in [0.5, 0.6) is 5.75 Å².